The number of aliphatic hydroxyl groups is 1. The van der Waals surface area contributed by atoms with Gasteiger partial charge in [0.2, 0.25) is 0 Å². The Hall–Kier alpha value is -1.55. The molecule has 1 aromatic rings. The van der Waals surface area contributed by atoms with Crippen LogP contribution in [-0.4, -0.2) is 40.4 Å². The molecule has 1 aromatic carbocycles. The van der Waals surface area contributed by atoms with Gasteiger partial charge in [0.1, 0.15) is 11.2 Å². The summed E-state index contributed by atoms with van der Waals surface area (Å²) in [7, 11) is 0. The van der Waals surface area contributed by atoms with Gasteiger partial charge in [-0.15, -0.1) is 0 Å². The van der Waals surface area contributed by atoms with E-state index in [1.54, 1.807) is 4.90 Å². The molecule has 0 unspecified atom stereocenters. The van der Waals surface area contributed by atoms with Crippen LogP contribution in [0.5, 0.6) is 0 Å². The zero-order valence-electron chi connectivity index (χ0n) is 12.6. The Bertz CT molecular complexity index is 499. The van der Waals surface area contributed by atoms with E-state index < -0.39 is 11.2 Å². The van der Waals surface area contributed by atoms with Gasteiger partial charge in [-0.2, -0.15) is 0 Å². The van der Waals surface area contributed by atoms with Crippen LogP contribution in [0.15, 0.2) is 24.3 Å². The van der Waals surface area contributed by atoms with Crippen molar-refractivity contribution in [2.24, 2.45) is 0 Å². The van der Waals surface area contributed by atoms with E-state index in [1.165, 1.54) is 0 Å². The number of hydrogen-bond donors (Lipinski definition) is 1. The molecule has 20 heavy (non-hydrogen) atoms. The molecule has 4 nitrogen and oxygen atoms in total. The number of aryl methyl sites for hydroxylation is 1. The van der Waals surface area contributed by atoms with Gasteiger partial charge in [-0.05, 0) is 38.8 Å². The standard InChI is InChI=1S/C16H23NO3/c1-12-7-5-6-8-13(12)9-16(19)10-17(11-16)14(18)20-15(2,3)4/h5-8,19H,9-11H2,1-4H3. The van der Waals surface area contributed by atoms with E-state index in [1.807, 2.05) is 52.0 Å². The quantitative estimate of drug-likeness (QED) is 0.903. The molecule has 0 aliphatic carbocycles. The van der Waals surface area contributed by atoms with Crippen molar-refractivity contribution < 1.29 is 14.6 Å². The maximum atomic E-state index is 11.8. The molecule has 0 radical (unpaired) electrons. The van der Waals surface area contributed by atoms with Gasteiger partial charge in [-0.25, -0.2) is 4.79 Å². The molecule has 1 fully saturated rings. The summed E-state index contributed by atoms with van der Waals surface area (Å²) in [4.78, 5) is 13.4. The first-order valence-electron chi connectivity index (χ1n) is 6.93. The van der Waals surface area contributed by atoms with Crippen LogP contribution in [0.3, 0.4) is 0 Å². The van der Waals surface area contributed by atoms with Gasteiger partial charge in [0.05, 0.1) is 13.1 Å². The van der Waals surface area contributed by atoms with Crippen molar-refractivity contribution in [3.63, 3.8) is 0 Å². The third-order valence-corrected chi connectivity index (χ3v) is 3.40. The van der Waals surface area contributed by atoms with Gasteiger partial charge in [-0.3, -0.25) is 0 Å². The van der Waals surface area contributed by atoms with Crippen LogP contribution in [0.2, 0.25) is 0 Å². The molecule has 1 aliphatic heterocycles. The highest BCUT2D eigenvalue weighted by Gasteiger charge is 2.45. The predicted octanol–water partition coefficient (Wildman–Crippen LogP) is 2.52. The zero-order chi connectivity index (χ0) is 15.0. The van der Waals surface area contributed by atoms with E-state index in [-0.39, 0.29) is 6.09 Å². The fourth-order valence-corrected chi connectivity index (χ4v) is 2.39. The lowest BCUT2D eigenvalue weighted by Crippen LogP contribution is -2.65. The van der Waals surface area contributed by atoms with Gasteiger partial charge >= 0.3 is 6.09 Å². The third kappa shape index (κ3) is 3.51. The maximum absolute atomic E-state index is 11.8. The number of carbonyl (C=O) groups excluding carboxylic acids is 1. The molecule has 1 saturated heterocycles. The summed E-state index contributed by atoms with van der Waals surface area (Å²) in [6.45, 7) is 8.20. The number of hydrogen-bond acceptors (Lipinski definition) is 3. The Labute approximate surface area is 120 Å². The van der Waals surface area contributed by atoms with Gasteiger partial charge in [0, 0.05) is 6.42 Å². The van der Waals surface area contributed by atoms with Crippen LogP contribution in [0.1, 0.15) is 31.9 Å². The predicted molar refractivity (Wildman–Crippen MR) is 77.6 cm³/mol. The highest BCUT2D eigenvalue weighted by atomic mass is 16.6. The Balaban J connectivity index is 1.91. The fourth-order valence-electron chi connectivity index (χ4n) is 2.39. The van der Waals surface area contributed by atoms with Crippen LogP contribution in [0.4, 0.5) is 4.79 Å². The summed E-state index contributed by atoms with van der Waals surface area (Å²) >= 11 is 0. The number of β-amino-alcohol motifs (C(OH)–C–C–N with tert-alkyl or cyclic N) is 1. The van der Waals surface area contributed by atoms with Crippen LogP contribution in [-0.2, 0) is 11.2 Å². The number of rotatable bonds is 2. The largest absolute Gasteiger partial charge is 0.444 e. The molecule has 2 rings (SSSR count). The molecule has 0 bridgehead atoms. The molecule has 4 heteroatoms. The molecule has 0 aromatic heterocycles. The number of amides is 1. The Morgan fingerprint density at radius 2 is 1.95 bits per heavy atom. The Kier molecular flexibility index (Phi) is 3.78. The second-order valence-corrected chi connectivity index (χ2v) is 6.66. The highest BCUT2D eigenvalue weighted by molar-refractivity contribution is 5.69. The number of benzene rings is 1. The molecule has 1 aliphatic rings. The second-order valence-electron chi connectivity index (χ2n) is 6.66. The summed E-state index contributed by atoms with van der Waals surface area (Å²) in [6, 6.07) is 8.00. The second kappa shape index (κ2) is 5.09. The first-order chi connectivity index (χ1) is 9.19. The minimum atomic E-state index is -0.830. The summed E-state index contributed by atoms with van der Waals surface area (Å²) in [5.41, 5.74) is 0.958. The first-order valence-corrected chi connectivity index (χ1v) is 6.93. The van der Waals surface area contributed by atoms with Gasteiger partial charge in [0.25, 0.3) is 0 Å². The van der Waals surface area contributed by atoms with E-state index in [2.05, 4.69) is 0 Å². The Morgan fingerprint density at radius 1 is 1.35 bits per heavy atom. The van der Waals surface area contributed by atoms with Gasteiger partial charge in [-0.1, -0.05) is 24.3 Å². The zero-order valence-corrected chi connectivity index (χ0v) is 12.6. The molecule has 0 atom stereocenters. The molecule has 1 amide bonds. The molecule has 0 spiro atoms. The lowest BCUT2D eigenvalue weighted by atomic mass is 9.86. The number of likely N-dealkylation sites (tertiary alicyclic amines) is 1. The van der Waals surface area contributed by atoms with E-state index in [0.29, 0.717) is 19.5 Å². The van der Waals surface area contributed by atoms with Crippen LogP contribution >= 0.6 is 0 Å². The molecule has 1 heterocycles. The number of ether oxygens (including phenoxy) is 1. The van der Waals surface area contributed by atoms with E-state index >= 15 is 0 Å². The van der Waals surface area contributed by atoms with E-state index in [9.17, 15) is 9.90 Å². The van der Waals surface area contributed by atoms with Crippen molar-refractivity contribution in [3.8, 4) is 0 Å². The first kappa shape index (κ1) is 14.9. The van der Waals surface area contributed by atoms with Crippen molar-refractivity contribution >= 4 is 6.09 Å². The van der Waals surface area contributed by atoms with Crippen molar-refractivity contribution in [1.29, 1.82) is 0 Å². The lowest BCUT2D eigenvalue weighted by molar-refractivity contribution is -0.0974. The highest BCUT2D eigenvalue weighted by Crippen LogP contribution is 2.28. The van der Waals surface area contributed by atoms with E-state index in [4.69, 9.17) is 4.74 Å². The average Bonchev–Trinajstić information content (AvgIpc) is 2.26. The van der Waals surface area contributed by atoms with E-state index in [0.717, 1.165) is 11.1 Å². The van der Waals surface area contributed by atoms with Crippen LogP contribution in [0.25, 0.3) is 0 Å². The summed E-state index contributed by atoms with van der Waals surface area (Å²) in [6.07, 6.45) is 0.214. The van der Waals surface area contributed by atoms with Gasteiger partial charge < -0.3 is 14.7 Å². The SMILES string of the molecule is Cc1ccccc1CC1(O)CN(C(=O)OC(C)(C)C)C1. The smallest absolute Gasteiger partial charge is 0.410 e. The summed E-state index contributed by atoms with van der Waals surface area (Å²) < 4.78 is 5.28. The minimum Gasteiger partial charge on any atom is -0.444 e. The normalized spacial score (nSPS) is 17.6. The lowest BCUT2D eigenvalue weighted by Gasteiger charge is -2.46. The topological polar surface area (TPSA) is 49.8 Å². The molecular weight excluding hydrogens is 254 g/mol. The number of carbonyl (C=O) groups is 1. The molecule has 1 N–H and O–H groups in total. The van der Waals surface area contributed by atoms with Crippen molar-refractivity contribution in [1.82, 2.24) is 4.90 Å². The third-order valence-electron chi connectivity index (χ3n) is 3.40. The van der Waals surface area contributed by atoms with Crippen molar-refractivity contribution in [3.05, 3.63) is 35.4 Å². The van der Waals surface area contributed by atoms with Gasteiger partial charge in [0.15, 0.2) is 0 Å². The van der Waals surface area contributed by atoms with Crippen molar-refractivity contribution in [2.75, 3.05) is 13.1 Å². The maximum Gasteiger partial charge on any atom is 0.410 e. The van der Waals surface area contributed by atoms with Crippen LogP contribution < -0.4 is 0 Å². The number of nitrogens with zero attached hydrogens (tertiary/aromatic N) is 1. The fraction of sp³-hybridized carbons (Fsp3) is 0.562. The van der Waals surface area contributed by atoms with Crippen molar-refractivity contribution in [2.45, 2.75) is 45.3 Å². The molecule has 0 saturated carbocycles. The minimum absolute atomic E-state index is 0.330. The summed E-state index contributed by atoms with van der Waals surface area (Å²) in [5.74, 6) is 0. The summed E-state index contributed by atoms with van der Waals surface area (Å²) in [5, 5.41) is 10.5. The monoisotopic (exact) mass is 277 g/mol. The average molecular weight is 277 g/mol. The van der Waals surface area contributed by atoms with Crippen LogP contribution in [0, 0.1) is 6.92 Å². The molecule has 110 valence electrons. The Morgan fingerprint density at radius 3 is 2.50 bits per heavy atom. The molecular formula is C16H23NO3.